The molecule has 1 aliphatic heterocycles. The number of nitrogens with zero attached hydrogens (tertiary/aromatic N) is 2. The van der Waals surface area contributed by atoms with Gasteiger partial charge in [-0.15, -0.1) is 0 Å². The van der Waals surface area contributed by atoms with Crippen molar-refractivity contribution in [2.75, 3.05) is 18.4 Å². The van der Waals surface area contributed by atoms with E-state index in [-0.39, 0.29) is 17.7 Å². The summed E-state index contributed by atoms with van der Waals surface area (Å²) in [6.45, 7) is 4.03. The van der Waals surface area contributed by atoms with Gasteiger partial charge in [-0.3, -0.25) is 9.59 Å². The zero-order valence-corrected chi connectivity index (χ0v) is 15.4. The van der Waals surface area contributed by atoms with Crippen LogP contribution in [0.3, 0.4) is 0 Å². The highest BCUT2D eigenvalue weighted by Gasteiger charge is 2.33. The number of piperidine rings is 1. The molecular weight excluding hydrogens is 326 g/mol. The average molecular weight is 353 g/mol. The Morgan fingerprint density at radius 1 is 1.00 bits per heavy atom. The van der Waals surface area contributed by atoms with Crippen molar-refractivity contribution in [2.45, 2.75) is 45.4 Å². The highest BCUT2D eigenvalue weighted by Crippen LogP contribution is 2.32. The number of carbonyl (C=O) groups is 2. The Bertz CT molecular complexity index is 676. The fourth-order valence-electron chi connectivity index (χ4n) is 3.96. The highest BCUT2D eigenvalue weighted by molar-refractivity contribution is 5.92. The molecule has 1 heterocycles. The Morgan fingerprint density at radius 3 is 2.15 bits per heavy atom. The number of amides is 2. The van der Waals surface area contributed by atoms with Crippen LogP contribution in [0.5, 0.6) is 0 Å². The molecule has 0 bridgehead atoms. The van der Waals surface area contributed by atoms with Crippen molar-refractivity contribution in [3.63, 3.8) is 0 Å². The minimum Gasteiger partial charge on any atom is -0.342 e. The molecule has 3 rings (SSSR count). The Labute approximate surface area is 155 Å². The third kappa shape index (κ3) is 4.43. The van der Waals surface area contributed by atoms with Crippen LogP contribution < -0.4 is 5.32 Å². The summed E-state index contributed by atoms with van der Waals surface area (Å²) in [5.74, 6) is 1.09. The second-order valence-electron chi connectivity index (χ2n) is 7.73. The Hall–Kier alpha value is -2.35. The van der Waals surface area contributed by atoms with Crippen LogP contribution in [-0.2, 0) is 9.59 Å². The number of rotatable bonds is 3. The van der Waals surface area contributed by atoms with E-state index in [0.29, 0.717) is 11.5 Å². The van der Waals surface area contributed by atoms with Gasteiger partial charge in [0.25, 0.3) is 0 Å². The van der Waals surface area contributed by atoms with Gasteiger partial charge < -0.3 is 10.2 Å². The molecule has 1 aromatic rings. The predicted octanol–water partition coefficient (Wildman–Crippen LogP) is 3.56. The van der Waals surface area contributed by atoms with Crippen LogP contribution in [0.4, 0.5) is 5.69 Å². The first-order valence-electron chi connectivity index (χ1n) is 9.66. The lowest BCUT2D eigenvalue weighted by molar-refractivity contribution is -0.139. The summed E-state index contributed by atoms with van der Waals surface area (Å²) in [6.07, 6.45) is 5.35. The summed E-state index contributed by atoms with van der Waals surface area (Å²) in [4.78, 5) is 27.2. The molecule has 2 amide bonds. The normalized spacial score (nSPS) is 23.9. The highest BCUT2D eigenvalue weighted by atomic mass is 16.2. The zero-order chi connectivity index (χ0) is 18.5. The maximum absolute atomic E-state index is 12.7. The Balaban J connectivity index is 1.47. The number of carbonyl (C=O) groups excluding carboxylic acids is 2. The van der Waals surface area contributed by atoms with E-state index < -0.39 is 0 Å². The Kier molecular flexibility index (Phi) is 5.92. The summed E-state index contributed by atoms with van der Waals surface area (Å²) in [7, 11) is 0. The van der Waals surface area contributed by atoms with Crippen LogP contribution in [0.15, 0.2) is 24.3 Å². The standard InChI is InChI=1S/C21H27N3O2/c1-15-10-12-24(13-11-15)21(26)18-6-4-17(5-7-18)20(25)23-19-8-2-16(14-22)3-9-19/h2-3,8-9,15,17-18H,4-7,10-13H2,1H3,(H,23,25). The smallest absolute Gasteiger partial charge is 0.227 e. The van der Waals surface area contributed by atoms with Gasteiger partial charge in [-0.25, -0.2) is 0 Å². The maximum atomic E-state index is 12.7. The lowest BCUT2D eigenvalue weighted by Crippen LogP contribution is -2.42. The second kappa shape index (κ2) is 8.35. The molecule has 0 radical (unpaired) electrons. The van der Waals surface area contributed by atoms with Crippen molar-refractivity contribution in [3.05, 3.63) is 29.8 Å². The number of benzene rings is 1. The molecule has 2 aliphatic rings. The topological polar surface area (TPSA) is 73.2 Å². The van der Waals surface area contributed by atoms with Gasteiger partial charge in [0.2, 0.25) is 11.8 Å². The minimum absolute atomic E-state index is 0.0207. The van der Waals surface area contributed by atoms with E-state index in [2.05, 4.69) is 18.3 Å². The van der Waals surface area contributed by atoms with Gasteiger partial charge in [-0.2, -0.15) is 5.26 Å². The van der Waals surface area contributed by atoms with E-state index in [0.717, 1.165) is 63.2 Å². The van der Waals surface area contributed by atoms with E-state index >= 15 is 0 Å². The van der Waals surface area contributed by atoms with Crippen LogP contribution in [0.25, 0.3) is 0 Å². The number of nitriles is 1. The van der Waals surface area contributed by atoms with Gasteiger partial charge in [-0.05, 0) is 68.7 Å². The minimum atomic E-state index is -0.0314. The number of likely N-dealkylation sites (tertiary alicyclic amines) is 1. The molecule has 1 saturated heterocycles. The third-order valence-electron chi connectivity index (χ3n) is 5.82. The molecule has 26 heavy (non-hydrogen) atoms. The van der Waals surface area contributed by atoms with E-state index in [9.17, 15) is 9.59 Å². The lowest BCUT2D eigenvalue weighted by atomic mass is 9.80. The first-order valence-corrected chi connectivity index (χ1v) is 9.66. The largest absolute Gasteiger partial charge is 0.342 e. The monoisotopic (exact) mass is 353 g/mol. The molecule has 1 aliphatic carbocycles. The van der Waals surface area contributed by atoms with Gasteiger partial charge in [0, 0.05) is 30.6 Å². The average Bonchev–Trinajstić information content (AvgIpc) is 2.69. The summed E-state index contributed by atoms with van der Waals surface area (Å²) in [6, 6.07) is 8.97. The Morgan fingerprint density at radius 2 is 1.58 bits per heavy atom. The van der Waals surface area contributed by atoms with Crippen LogP contribution in [0, 0.1) is 29.1 Å². The molecule has 1 N–H and O–H groups in total. The van der Waals surface area contributed by atoms with Crippen molar-refractivity contribution in [2.24, 2.45) is 17.8 Å². The summed E-state index contributed by atoms with van der Waals surface area (Å²) in [5, 5.41) is 11.8. The van der Waals surface area contributed by atoms with Crippen molar-refractivity contribution >= 4 is 17.5 Å². The van der Waals surface area contributed by atoms with Crippen LogP contribution in [0.2, 0.25) is 0 Å². The fourth-order valence-corrected chi connectivity index (χ4v) is 3.96. The van der Waals surface area contributed by atoms with Crippen LogP contribution in [-0.4, -0.2) is 29.8 Å². The molecule has 0 atom stereocenters. The molecule has 5 nitrogen and oxygen atoms in total. The van der Waals surface area contributed by atoms with Gasteiger partial charge in [0.05, 0.1) is 11.6 Å². The maximum Gasteiger partial charge on any atom is 0.227 e. The first-order chi connectivity index (χ1) is 12.6. The molecule has 1 aromatic carbocycles. The number of nitrogens with one attached hydrogen (secondary N) is 1. The van der Waals surface area contributed by atoms with E-state index in [4.69, 9.17) is 5.26 Å². The van der Waals surface area contributed by atoms with Crippen molar-refractivity contribution < 1.29 is 9.59 Å². The molecular formula is C21H27N3O2. The van der Waals surface area contributed by atoms with E-state index in [1.807, 2.05) is 4.90 Å². The lowest BCUT2D eigenvalue weighted by Gasteiger charge is -2.35. The van der Waals surface area contributed by atoms with Crippen molar-refractivity contribution in [3.8, 4) is 6.07 Å². The predicted molar refractivity (Wildman–Crippen MR) is 100 cm³/mol. The van der Waals surface area contributed by atoms with Crippen LogP contribution >= 0.6 is 0 Å². The summed E-state index contributed by atoms with van der Waals surface area (Å²) < 4.78 is 0. The van der Waals surface area contributed by atoms with E-state index in [1.54, 1.807) is 24.3 Å². The van der Waals surface area contributed by atoms with Crippen molar-refractivity contribution in [1.29, 1.82) is 5.26 Å². The molecule has 0 spiro atoms. The molecule has 1 saturated carbocycles. The second-order valence-corrected chi connectivity index (χ2v) is 7.73. The van der Waals surface area contributed by atoms with Gasteiger partial charge in [-0.1, -0.05) is 6.92 Å². The fraction of sp³-hybridized carbons (Fsp3) is 0.571. The van der Waals surface area contributed by atoms with Gasteiger partial charge in [0.1, 0.15) is 0 Å². The first kappa shape index (κ1) is 18.4. The number of hydrogen-bond acceptors (Lipinski definition) is 3. The molecule has 138 valence electrons. The quantitative estimate of drug-likeness (QED) is 0.903. The third-order valence-corrected chi connectivity index (χ3v) is 5.82. The summed E-state index contributed by atoms with van der Waals surface area (Å²) in [5.41, 5.74) is 1.30. The number of anilines is 1. The molecule has 0 unspecified atom stereocenters. The van der Waals surface area contributed by atoms with Gasteiger partial charge in [0.15, 0.2) is 0 Å². The summed E-state index contributed by atoms with van der Waals surface area (Å²) >= 11 is 0. The van der Waals surface area contributed by atoms with Crippen LogP contribution in [0.1, 0.15) is 51.0 Å². The molecule has 2 fully saturated rings. The SMILES string of the molecule is CC1CCN(C(=O)C2CCC(C(=O)Nc3ccc(C#N)cc3)CC2)CC1. The number of hydrogen-bond donors (Lipinski definition) is 1. The van der Waals surface area contributed by atoms with Gasteiger partial charge >= 0.3 is 0 Å². The van der Waals surface area contributed by atoms with E-state index in [1.165, 1.54) is 0 Å². The van der Waals surface area contributed by atoms with Crippen molar-refractivity contribution in [1.82, 2.24) is 4.90 Å². The zero-order valence-electron chi connectivity index (χ0n) is 15.4. The molecule has 5 heteroatoms. The molecule has 0 aromatic heterocycles.